The van der Waals surface area contributed by atoms with Crippen LogP contribution in [-0.2, 0) is 10.8 Å². The van der Waals surface area contributed by atoms with Crippen molar-refractivity contribution in [3.63, 3.8) is 0 Å². The molecule has 19 aromatic rings. The van der Waals surface area contributed by atoms with E-state index in [9.17, 15) is 11.8 Å². The maximum Gasteiger partial charge on any atom is 0.237 e. The molecule has 21 rings (SSSR count). The minimum atomic E-state index is -0.689. The van der Waals surface area contributed by atoms with Gasteiger partial charge >= 0.3 is 0 Å². The first kappa shape index (κ1) is 55.7. The number of nitriles is 1. The van der Waals surface area contributed by atoms with Gasteiger partial charge in [-0.05, 0) is 115 Å². The smallest absolute Gasteiger partial charge is 0.237 e. The van der Waals surface area contributed by atoms with Crippen LogP contribution in [0.15, 0.2) is 340 Å². The Morgan fingerprint density at radius 1 is 0.260 bits per heavy atom. The molecule has 4 aromatic heterocycles. The number of rotatable bonds is 8. The van der Waals surface area contributed by atoms with Crippen molar-refractivity contribution in [3.05, 3.63) is 401 Å². The molecule has 462 valence electrons. The van der Waals surface area contributed by atoms with E-state index in [0.717, 1.165) is 109 Å². The first-order valence-electron chi connectivity index (χ1n) is 34.2. The second-order valence-corrected chi connectivity index (χ2v) is 26.6. The Hall–Kier alpha value is -13.5. The van der Waals surface area contributed by atoms with Gasteiger partial charge in [-0.1, -0.05) is 291 Å². The summed E-state index contributed by atoms with van der Waals surface area (Å²) in [6.07, 6.45) is 0. The third-order valence-electron chi connectivity index (χ3n) is 22.2. The molecule has 0 spiro atoms. The molecule has 0 N–H and O–H groups in total. The highest BCUT2D eigenvalue weighted by Gasteiger charge is 2.49. The summed E-state index contributed by atoms with van der Waals surface area (Å²) in [5, 5.41) is 21.5. The third kappa shape index (κ3) is 7.07. The van der Waals surface area contributed by atoms with E-state index in [0.29, 0.717) is 34.0 Å². The molecule has 0 radical (unpaired) electrons. The Balaban J connectivity index is 1.01. The minimum Gasteiger partial charge on any atom is -0.318 e. The van der Waals surface area contributed by atoms with Gasteiger partial charge < -0.3 is 18.3 Å². The quantitative estimate of drug-likeness (QED) is 0.140. The summed E-state index contributed by atoms with van der Waals surface area (Å²) in [5.74, 6) is 0. The van der Waals surface area contributed by atoms with E-state index < -0.39 is 10.8 Å². The molecule has 0 amide bonds. The number of hydrogen-bond acceptors (Lipinski definition) is 1. The number of nitrogens with zero attached hydrogens (tertiary/aromatic N) is 6. The molecule has 0 aliphatic heterocycles. The monoisotopic (exact) mass is 1270 g/mol. The van der Waals surface area contributed by atoms with Crippen molar-refractivity contribution >= 4 is 92.9 Å². The Morgan fingerprint density at radius 3 is 0.910 bits per heavy atom. The van der Waals surface area contributed by atoms with Gasteiger partial charge in [-0.3, -0.25) is 0 Å². The number of fused-ring (bicyclic) bond motifs is 20. The van der Waals surface area contributed by atoms with E-state index in [1.165, 1.54) is 44.5 Å². The molecule has 0 saturated carbocycles. The minimum absolute atomic E-state index is 0.334. The predicted octanol–water partition coefficient (Wildman–Crippen LogP) is 23.2. The first-order valence-corrected chi connectivity index (χ1v) is 34.2. The van der Waals surface area contributed by atoms with Gasteiger partial charge in [-0.2, -0.15) is 5.26 Å². The largest absolute Gasteiger partial charge is 0.318 e. The second-order valence-electron chi connectivity index (χ2n) is 26.6. The van der Waals surface area contributed by atoms with Crippen LogP contribution < -0.4 is 0 Å². The number of benzene rings is 15. The van der Waals surface area contributed by atoms with Crippen LogP contribution in [0.25, 0.3) is 137 Å². The summed E-state index contributed by atoms with van der Waals surface area (Å²) in [6.45, 7) is 10.3. The van der Waals surface area contributed by atoms with Crippen LogP contribution in [0, 0.1) is 17.9 Å². The third-order valence-corrected chi connectivity index (χ3v) is 22.2. The number of hydrogen-bond donors (Lipinski definition) is 0. The molecule has 2 aliphatic rings. The van der Waals surface area contributed by atoms with Crippen LogP contribution >= 0.6 is 0 Å². The van der Waals surface area contributed by atoms with E-state index in [4.69, 9.17) is 4.85 Å². The summed E-state index contributed by atoms with van der Waals surface area (Å²) < 4.78 is 9.42. The van der Waals surface area contributed by atoms with E-state index in [1.54, 1.807) is 0 Å². The van der Waals surface area contributed by atoms with Crippen LogP contribution in [0.4, 0.5) is 5.69 Å². The molecule has 0 unspecified atom stereocenters. The normalized spacial score (nSPS) is 13.3. The van der Waals surface area contributed by atoms with Crippen molar-refractivity contribution in [1.29, 1.82) is 5.26 Å². The first-order chi connectivity index (χ1) is 49.6. The Labute approximate surface area is 576 Å². The van der Waals surface area contributed by atoms with Crippen molar-refractivity contribution in [2.45, 2.75) is 10.8 Å². The Bertz CT molecular complexity index is 6310. The molecule has 4 heterocycles. The van der Waals surface area contributed by atoms with Crippen molar-refractivity contribution in [1.82, 2.24) is 18.3 Å². The molecule has 100 heavy (non-hydrogen) atoms. The lowest BCUT2D eigenvalue weighted by atomic mass is 9.67. The van der Waals surface area contributed by atoms with Gasteiger partial charge in [0.1, 0.15) is 6.07 Å². The fourth-order valence-electron chi connectivity index (χ4n) is 18.5. The summed E-state index contributed by atoms with van der Waals surface area (Å²) in [7, 11) is 0. The average molecular weight is 1270 g/mol. The fourth-order valence-corrected chi connectivity index (χ4v) is 18.5. The molecule has 2 aliphatic carbocycles. The van der Waals surface area contributed by atoms with Crippen LogP contribution in [-0.4, -0.2) is 18.3 Å². The van der Waals surface area contributed by atoms with Gasteiger partial charge in [-0.25, -0.2) is 4.85 Å². The van der Waals surface area contributed by atoms with Crippen LogP contribution in [0.1, 0.15) is 50.1 Å². The molecule has 0 saturated heterocycles. The van der Waals surface area contributed by atoms with Gasteiger partial charge in [0.05, 0.1) is 89.8 Å². The average Bonchev–Trinajstić information content (AvgIpc) is 1.50. The highest BCUT2D eigenvalue weighted by Crippen LogP contribution is 2.62. The lowest BCUT2D eigenvalue weighted by molar-refractivity contribution is 0.769. The van der Waals surface area contributed by atoms with Crippen LogP contribution in [0.3, 0.4) is 0 Å². The lowest BCUT2D eigenvalue weighted by Crippen LogP contribution is -2.28. The fraction of sp³-hybridized carbons (Fsp3) is 0.0213. The number of aromatic nitrogens is 4. The van der Waals surface area contributed by atoms with Crippen molar-refractivity contribution in [3.8, 4) is 51.1 Å². The van der Waals surface area contributed by atoms with Gasteiger partial charge in [0.15, 0.2) is 0 Å². The zero-order chi connectivity index (χ0) is 66.0. The summed E-state index contributed by atoms with van der Waals surface area (Å²) in [6, 6.07) is 126. The highest BCUT2D eigenvalue weighted by molar-refractivity contribution is 6.22. The maximum absolute atomic E-state index is 13.2. The van der Waals surface area contributed by atoms with Gasteiger partial charge in [0.2, 0.25) is 5.69 Å². The molecule has 6 heteroatoms. The van der Waals surface area contributed by atoms with Gasteiger partial charge in [-0.15, -0.1) is 0 Å². The Kier molecular flexibility index (Phi) is 11.7. The molecular formula is C94H56N6. The van der Waals surface area contributed by atoms with Gasteiger partial charge in [0, 0.05) is 43.1 Å². The van der Waals surface area contributed by atoms with Crippen molar-refractivity contribution < 1.29 is 0 Å². The molecule has 0 atom stereocenters. The van der Waals surface area contributed by atoms with Crippen LogP contribution in [0.5, 0.6) is 0 Å². The van der Waals surface area contributed by atoms with E-state index in [-0.39, 0.29) is 0 Å². The Morgan fingerprint density at radius 2 is 0.550 bits per heavy atom. The second kappa shape index (κ2) is 21.0. The number of para-hydroxylation sites is 6. The SMILES string of the molecule is [C-]#[N+]c1c(-n2c3ccccc3c3ccccc32)c(C#N)c(-n2c3ccccc3c3c4c(ccc32)C(c2ccccc2)(c2ccccc2)c2ccccc2-4)c(-n2c3ccccc3c3ccccc32)c1-n1c2ccccc2c2c3c(ccc21)C(c1ccccc1)(c1ccccc1)c1ccccc1-3. The van der Waals surface area contributed by atoms with E-state index in [1.807, 2.05) is 0 Å². The lowest BCUT2D eigenvalue weighted by Gasteiger charge is -2.34. The van der Waals surface area contributed by atoms with Gasteiger partial charge in [0.25, 0.3) is 0 Å². The predicted molar refractivity (Wildman–Crippen MR) is 409 cm³/mol. The van der Waals surface area contributed by atoms with Crippen molar-refractivity contribution in [2.75, 3.05) is 0 Å². The van der Waals surface area contributed by atoms with Crippen LogP contribution in [0.2, 0.25) is 0 Å². The van der Waals surface area contributed by atoms with E-state index in [2.05, 4.69) is 364 Å². The summed E-state index contributed by atoms with van der Waals surface area (Å²) in [4.78, 5) is 4.99. The van der Waals surface area contributed by atoms with E-state index >= 15 is 0 Å². The van der Waals surface area contributed by atoms with Crippen molar-refractivity contribution in [2.24, 2.45) is 0 Å². The highest BCUT2D eigenvalue weighted by atomic mass is 15.1. The summed E-state index contributed by atoms with van der Waals surface area (Å²) in [5.41, 5.74) is 23.2. The molecule has 6 nitrogen and oxygen atoms in total. The summed E-state index contributed by atoms with van der Waals surface area (Å²) >= 11 is 0. The zero-order valence-corrected chi connectivity index (χ0v) is 54.0. The maximum atomic E-state index is 13.2. The molecule has 0 fully saturated rings. The molecule has 0 bridgehead atoms. The standard InChI is InChI=1S/C94H56N6/c1-96-88-89(97-76-48-24-16-38-63(76)64-39-17-25-49-77(64)97)71(58-95)90(99-80-52-28-20-44-69(80)86-82(99)56-54-74-84(86)67-42-14-22-46-72(67)93(74,59-30-6-2-7-31-59)60-32-8-3-9-33-60)92(98-78-50-26-18-40-65(78)66-41-19-27-51-79(66)98)91(88)100-81-53-29-21-45-70(81)87-83(100)57-55-75-85(87)68-43-15-23-47-73(68)94(75,61-34-10-4-11-35-61)62-36-12-5-13-37-62/h2-57H. The molecular weight excluding hydrogens is 1210 g/mol. The molecule has 15 aromatic carbocycles. The topological polar surface area (TPSA) is 47.9 Å². The zero-order valence-electron chi connectivity index (χ0n) is 54.0.